The molecule has 0 amide bonds. The van der Waals surface area contributed by atoms with E-state index in [0.717, 1.165) is 30.9 Å². The van der Waals surface area contributed by atoms with Crippen LogP contribution >= 0.6 is 0 Å². The Labute approximate surface area is 154 Å². The van der Waals surface area contributed by atoms with Crippen LogP contribution in [0.4, 0.5) is 0 Å². The summed E-state index contributed by atoms with van der Waals surface area (Å²) in [6.45, 7) is 5.03. The maximum absolute atomic E-state index is 11.4. The molecule has 3 radical (unpaired) electrons. The van der Waals surface area contributed by atoms with Crippen LogP contribution in [-0.2, 0) is 4.79 Å². The summed E-state index contributed by atoms with van der Waals surface area (Å²) in [6.07, 6.45) is 2.85. The van der Waals surface area contributed by atoms with Gasteiger partial charge in [0.25, 0.3) is 0 Å². The molecule has 1 aliphatic heterocycles. The van der Waals surface area contributed by atoms with E-state index in [-0.39, 0.29) is 5.78 Å². The number of Topliss-reactive ketones (excluding diaryl/α,β-unsaturated/α-hetero) is 1. The van der Waals surface area contributed by atoms with Crippen LogP contribution in [-0.4, -0.2) is 48.7 Å². The Kier molecular flexibility index (Phi) is 9.12. The number of ketones is 1. The third kappa shape index (κ3) is 5.53. The smallest absolute Gasteiger partial charge is 0.160 e. The summed E-state index contributed by atoms with van der Waals surface area (Å²) < 4.78 is 10.0. The lowest BCUT2D eigenvalue weighted by atomic mass is 9.65. The number of hydrogen-bond acceptors (Lipinski definition) is 4. The minimum absolute atomic E-state index is 0.248. The lowest BCUT2D eigenvalue weighted by molar-refractivity contribution is -0.120. The number of rotatable bonds is 5. The summed E-state index contributed by atoms with van der Waals surface area (Å²) in [5.41, 5.74) is 0. The predicted octanol–water partition coefficient (Wildman–Crippen LogP) is 3.10. The van der Waals surface area contributed by atoms with Crippen LogP contribution in [0.2, 0.25) is 11.0 Å². The summed E-state index contributed by atoms with van der Waals surface area (Å²) in [5.74, 6) is 2.80. The molecule has 1 heterocycles. The highest BCUT2D eigenvalue weighted by atomic mass is 16.5. The van der Waals surface area contributed by atoms with Gasteiger partial charge in [-0.25, -0.2) is 0 Å². The Morgan fingerprint density at radius 2 is 1.80 bits per heavy atom. The molecular weight excluding hydrogens is 312 g/mol. The SMILES string of the molecule is CC.COc1ccccc1OC.[B]C12[B]C1C(CCNC)CCC2=O. The minimum Gasteiger partial charge on any atom is -0.493 e. The molecule has 1 aliphatic carbocycles. The Morgan fingerprint density at radius 1 is 1.24 bits per heavy atom. The standard InChI is InChI=1S/C9H14B2NO.C8H10O2.C2H6/c1-12-5-4-6-2-3-7(13)9(10)8(6)11-9;1-9-7-5-3-4-6-8(7)10-2;1-2/h6,8,12H,2-5H2,1H3;3-6H,1-2H3;1-2H3. The molecule has 3 atom stereocenters. The number of methoxy groups -OCH3 is 2. The third-order valence-electron chi connectivity index (χ3n) is 4.68. The monoisotopic (exact) mass is 342 g/mol. The van der Waals surface area contributed by atoms with Crippen LogP contribution in [0.3, 0.4) is 0 Å². The molecule has 3 unspecified atom stereocenters. The molecular formula is C19H30B2NO3. The second kappa shape index (κ2) is 10.5. The van der Waals surface area contributed by atoms with Crippen LogP contribution in [0.1, 0.15) is 33.1 Å². The van der Waals surface area contributed by atoms with E-state index in [4.69, 9.17) is 17.3 Å². The van der Waals surface area contributed by atoms with Crippen molar-refractivity contribution in [2.45, 2.75) is 44.1 Å². The third-order valence-corrected chi connectivity index (χ3v) is 4.68. The topological polar surface area (TPSA) is 47.6 Å². The first kappa shape index (κ1) is 21.6. The maximum Gasteiger partial charge on any atom is 0.160 e. The average Bonchev–Trinajstić information content (AvgIpc) is 3.37. The molecule has 0 bridgehead atoms. The highest BCUT2D eigenvalue weighted by Gasteiger charge is 2.59. The number of nitrogens with one attached hydrogen (secondary N) is 1. The summed E-state index contributed by atoms with van der Waals surface area (Å²) >= 11 is 0. The number of benzene rings is 1. The molecule has 25 heavy (non-hydrogen) atoms. The molecule has 1 N–H and O–H groups in total. The molecule has 4 nitrogen and oxygen atoms in total. The summed E-state index contributed by atoms with van der Waals surface area (Å²) in [6, 6.07) is 7.53. The van der Waals surface area contributed by atoms with Gasteiger partial charge in [0, 0.05) is 6.42 Å². The van der Waals surface area contributed by atoms with Gasteiger partial charge < -0.3 is 19.6 Å². The number of carbonyl (C=O) groups is 1. The zero-order valence-corrected chi connectivity index (χ0v) is 16.2. The molecule has 3 rings (SSSR count). The number of ether oxygens (including phenoxy) is 2. The Hall–Kier alpha value is -1.42. The van der Waals surface area contributed by atoms with Gasteiger partial charge in [0.1, 0.15) is 13.1 Å². The Morgan fingerprint density at radius 3 is 2.28 bits per heavy atom. The van der Waals surface area contributed by atoms with Crippen molar-refractivity contribution in [3.05, 3.63) is 24.3 Å². The number of hydrogen-bond donors (Lipinski definition) is 1. The van der Waals surface area contributed by atoms with Crippen LogP contribution in [0.15, 0.2) is 24.3 Å². The van der Waals surface area contributed by atoms with Crippen LogP contribution in [0.5, 0.6) is 11.5 Å². The highest BCUT2D eigenvalue weighted by Crippen LogP contribution is 2.63. The average molecular weight is 342 g/mol. The fourth-order valence-electron chi connectivity index (χ4n) is 3.21. The van der Waals surface area contributed by atoms with Crippen molar-refractivity contribution in [3.63, 3.8) is 0 Å². The Balaban J connectivity index is 0.000000235. The van der Waals surface area contributed by atoms with Gasteiger partial charge in [-0.1, -0.05) is 31.8 Å². The van der Waals surface area contributed by atoms with Gasteiger partial charge in [0.05, 0.1) is 22.1 Å². The molecule has 1 aromatic rings. The van der Waals surface area contributed by atoms with Crippen molar-refractivity contribution in [2.75, 3.05) is 27.8 Å². The number of fused-ring (bicyclic) bond motifs is 1. The second-order valence-electron chi connectivity index (χ2n) is 6.09. The van der Waals surface area contributed by atoms with Gasteiger partial charge >= 0.3 is 0 Å². The molecule has 0 spiro atoms. The maximum atomic E-state index is 11.4. The van der Waals surface area contributed by atoms with Gasteiger partial charge in [-0.05, 0) is 49.7 Å². The molecule has 2 aliphatic rings. The van der Waals surface area contributed by atoms with E-state index in [0.29, 0.717) is 18.2 Å². The summed E-state index contributed by atoms with van der Waals surface area (Å²) in [4.78, 5) is 11.4. The van der Waals surface area contributed by atoms with Crippen LogP contribution in [0.25, 0.3) is 0 Å². The lowest BCUT2D eigenvalue weighted by Gasteiger charge is -2.26. The van der Waals surface area contributed by atoms with Crippen LogP contribution in [0, 0.1) is 5.92 Å². The zero-order chi connectivity index (χ0) is 18.9. The van der Waals surface area contributed by atoms with E-state index < -0.39 is 5.21 Å². The predicted molar refractivity (Wildman–Crippen MR) is 105 cm³/mol. The minimum atomic E-state index is -0.517. The molecule has 1 aromatic carbocycles. The quantitative estimate of drug-likeness (QED) is 0.836. The molecule has 135 valence electrons. The first-order valence-electron chi connectivity index (χ1n) is 9.06. The van der Waals surface area contributed by atoms with Gasteiger partial charge in [0.2, 0.25) is 0 Å². The van der Waals surface area contributed by atoms with Crippen LogP contribution < -0.4 is 14.8 Å². The molecule has 1 saturated heterocycles. The molecule has 0 aromatic heterocycles. The first-order chi connectivity index (χ1) is 12.1. The van der Waals surface area contributed by atoms with Crippen molar-refractivity contribution in [1.82, 2.24) is 5.32 Å². The molecule has 1 saturated carbocycles. The van der Waals surface area contributed by atoms with Gasteiger partial charge in [-0.2, -0.15) is 0 Å². The van der Waals surface area contributed by atoms with Crippen molar-refractivity contribution in [3.8, 4) is 11.5 Å². The van der Waals surface area contributed by atoms with E-state index in [1.807, 2.05) is 52.4 Å². The largest absolute Gasteiger partial charge is 0.493 e. The number of carbonyl (C=O) groups excluding carboxylic acids is 1. The van der Waals surface area contributed by atoms with E-state index in [9.17, 15) is 4.79 Å². The second-order valence-corrected chi connectivity index (χ2v) is 6.09. The Bertz CT molecular complexity index is 518. The van der Waals surface area contributed by atoms with E-state index in [1.165, 1.54) is 0 Å². The molecule has 6 heteroatoms. The fourth-order valence-corrected chi connectivity index (χ4v) is 3.21. The van der Waals surface area contributed by atoms with Gasteiger partial charge in [-0.15, -0.1) is 0 Å². The van der Waals surface area contributed by atoms with E-state index >= 15 is 0 Å². The summed E-state index contributed by atoms with van der Waals surface area (Å²) in [7, 11) is 13.2. The highest BCUT2D eigenvalue weighted by molar-refractivity contribution is 6.77. The van der Waals surface area contributed by atoms with Crippen molar-refractivity contribution < 1.29 is 14.3 Å². The summed E-state index contributed by atoms with van der Waals surface area (Å²) in [5, 5.41) is 2.62. The van der Waals surface area contributed by atoms with Crippen molar-refractivity contribution in [2.24, 2.45) is 5.92 Å². The first-order valence-corrected chi connectivity index (χ1v) is 9.06. The van der Waals surface area contributed by atoms with Gasteiger partial charge in [0.15, 0.2) is 11.5 Å². The van der Waals surface area contributed by atoms with E-state index in [2.05, 4.69) is 5.32 Å². The van der Waals surface area contributed by atoms with Gasteiger partial charge in [-0.3, -0.25) is 0 Å². The lowest BCUT2D eigenvalue weighted by Crippen LogP contribution is -2.22. The fraction of sp³-hybridized carbons (Fsp3) is 0.632. The number of para-hydroxylation sites is 2. The van der Waals surface area contributed by atoms with E-state index in [1.54, 1.807) is 14.2 Å². The van der Waals surface area contributed by atoms with Crippen molar-refractivity contribution in [1.29, 1.82) is 0 Å². The normalized spacial score (nSPS) is 25.9. The van der Waals surface area contributed by atoms with Crippen molar-refractivity contribution >= 4 is 20.9 Å². The zero-order valence-electron chi connectivity index (χ0n) is 16.2. The molecule has 2 fully saturated rings.